The van der Waals surface area contributed by atoms with Gasteiger partial charge in [0.15, 0.2) is 21.7 Å². The molecule has 1 aromatic carbocycles. The van der Waals surface area contributed by atoms with Gasteiger partial charge in [0, 0.05) is 30.9 Å². The molecule has 1 aromatic rings. The number of sulfone groups is 1. The maximum Gasteiger partial charge on any atom is 0.290 e. The second kappa shape index (κ2) is 9.27. The first-order valence-corrected chi connectivity index (χ1v) is 13.2. The van der Waals surface area contributed by atoms with E-state index < -0.39 is 15.9 Å². The van der Waals surface area contributed by atoms with E-state index in [0.717, 1.165) is 36.1 Å². The Kier molecular flexibility index (Phi) is 6.59. The fourth-order valence-electron chi connectivity index (χ4n) is 4.39. The van der Waals surface area contributed by atoms with Gasteiger partial charge in [-0.25, -0.2) is 13.4 Å². The standard InChI is InChI=1S/C24H31N5O3S/c1-24(2)7-5-18(6-8-24)20-13-17(16-29-9-11-33(31,32)12-10-29)3-4-21(20)28-23(30)22-26-15-19(14-25)27-22/h3-5,13,19H,6-12,15-16H2,1-2H3,(H,26,27)(H,28,30). The average Bonchev–Trinajstić information content (AvgIpc) is 3.26. The number of nitriles is 1. The minimum Gasteiger partial charge on any atom is -0.362 e. The number of amidine groups is 1. The molecule has 33 heavy (non-hydrogen) atoms. The van der Waals surface area contributed by atoms with Crippen LogP contribution in [0.5, 0.6) is 0 Å². The van der Waals surface area contributed by atoms with Crippen LogP contribution in [0.4, 0.5) is 5.69 Å². The summed E-state index contributed by atoms with van der Waals surface area (Å²) in [5, 5.41) is 14.9. The maximum atomic E-state index is 12.8. The quantitative estimate of drug-likeness (QED) is 0.684. The number of hydrogen-bond acceptors (Lipinski definition) is 7. The van der Waals surface area contributed by atoms with Crippen LogP contribution in [0.1, 0.15) is 44.2 Å². The highest BCUT2D eigenvalue weighted by Crippen LogP contribution is 2.40. The van der Waals surface area contributed by atoms with Crippen molar-refractivity contribution in [3.63, 3.8) is 0 Å². The number of allylic oxidation sites excluding steroid dienone is 2. The van der Waals surface area contributed by atoms with Crippen LogP contribution < -0.4 is 10.6 Å². The van der Waals surface area contributed by atoms with Crippen molar-refractivity contribution in [2.45, 2.75) is 45.7 Å². The first-order chi connectivity index (χ1) is 15.6. The fraction of sp³-hybridized carbons (Fsp3) is 0.542. The Hall–Kier alpha value is -2.70. The highest BCUT2D eigenvalue weighted by molar-refractivity contribution is 7.91. The summed E-state index contributed by atoms with van der Waals surface area (Å²) in [5.74, 6) is 0.240. The number of rotatable bonds is 5. The molecule has 4 rings (SSSR count). The molecule has 0 spiro atoms. The lowest BCUT2D eigenvalue weighted by Crippen LogP contribution is -2.39. The average molecular weight is 470 g/mol. The Labute approximate surface area is 195 Å². The van der Waals surface area contributed by atoms with Crippen LogP contribution in [0.2, 0.25) is 0 Å². The van der Waals surface area contributed by atoms with E-state index in [4.69, 9.17) is 5.26 Å². The SMILES string of the molecule is CC1(C)CC=C(c2cc(CN3CCS(=O)(=O)CC3)ccc2NC(=O)C2=NC(C#N)CN2)CC1. The summed E-state index contributed by atoms with van der Waals surface area (Å²) < 4.78 is 23.5. The molecule has 2 N–H and O–H groups in total. The van der Waals surface area contributed by atoms with Gasteiger partial charge in [-0.2, -0.15) is 5.26 Å². The van der Waals surface area contributed by atoms with E-state index in [1.54, 1.807) is 0 Å². The van der Waals surface area contributed by atoms with Gasteiger partial charge >= 0.3 is 0 Å². The Morgan fingerprint density at radius 3 is 2.73 bits per heavy atom. The predicted octanol–water partition coefficient (Wildman–Crippen LogP) is 2.34. The summed E-state index contributed by atoms with van der Waals surface area (Å²) >= 11 is 0. The van der Waals surface area contributed by atoms with Gasteiger partial charge < -0.3 is 10.6 Å². The molecule has 0 bridgehead atoms. The molecule has 1 saturated heterocycles. The van der Waals surface area contributed by atoms with Gasteiger partial charge in [-0.1, -0.05) is 26.0 Å². The van der Waals surface area contributed by atoms with E-state index in [0.29, 0.717) is 26.2 Å². The first-order valence-electron chi connectivity index (χ1n) is 11.4. The number of carbonyl (C=O) groups excluding carboxylic acids is 1. The molecule has 1 amide bonds. The smallest absolute Gasteiger partial charge is 0.290 e. The second-order valence-corrected chi connectivity index (χ2v) is 12.2. The third kappa shape index (κ3) is 5.81. The summed E-state index contributed by atoms with van der Waals surface area (Å²) in [5.41, 5.74) is 4.29. The largest absolute Gasteiger partial charge is 0.362 e. The number of benzene rings is 1. The molecule has 8 nitrogen and oxygen atoms in total. The predicted molar refractivity (Wildman–Crippen MR) is 129 cm³/mol. The molecule has 1 fully saturated rings. The zero-order valence-corrected chi connectivity index (χ0v) is 20.0. The molecule has 2 aliphatic heterocycles. The number of aliphatic imine (C=N–C) groups is 1. The Balaban J connectivity index is 1.57. The molecule has 0 saturated carbocycles. The van der Waals surface area contributed by atoms with Crippen molar-refractivity contribution in [2.75, 3.05) is 36.5 Å². The van der Waals surface area contributed by atoms with Crippen molar-refractivity contribution >= 4 is 32.8 Å². The van der Waals surface area contributed by atoms with E-state index in [9.17, 15) is 13.2 Å². The molecule has 9 heteroatoms. The van der Waals surface area contributed by atoms with Gasteiger partial charge in [0.2, 0.25) is 0 Å². The van der Waals surface area contributed by atoms with Crippen molar-refractivity contribution in [3.05, 3.63) is 35.4 Å². The van der Waals surface area contributed by atoms with Crippen LogP contribution in [0, 0.1) is 16.7 Å². The molecule has 2 heterocycles. The molecule has 0 radical (unpaired) electrons. The highest BCUT2D eigenvalue weighted by atomic mass is 32.2. The van der Waals surface area contributed by atoms with Crippen LogP contribution in [-0.2, 0) is 21.2 Å². The molecule has 0 aromatic heterocycles. The van der Waals surface area contributed by atoms with Crippen LogP contribution >= 0.6 is 0 Å². The summed E-state index contributed by atoms with van der Waals surface area (Å²) in [4.78, 5) is 19.1. The van der Waals surface area contributed by atoms with Gasteiger partial charge in [-0.05, 0) is 47.9 Å². The maximum absolute atomic E-state index is 12.8. The van der Waals surface area contributed by atoms with Gasteiger partial charge in [0.1, 0.15) is 0 Å². The molecule has 1 aliphatic carbocycles. The number of amides is 1. The minimum atomic E-state index is -2.91. The van der Waals surface area contributed by atoms with Gasteiger partial charge in [0.25, 0.3) is 5.91 Å². The normalized spacial score (nSPS) is 24.2. The zero-order valence-electron chi connectivity index (χ0n) is 19.2. The third-order valence-corrected chi connectivity index (χ3v) is 8.21. The third-order valence-electron chi connectivity index (χ3n) is 6.61. The van der Waals surface area contributed by atoms with Crippen molar-refractivity contribution in [2.24, 2.45) is 10.4 Å². The Morgan fingerprint density at radius 2 is 2.09 bits per heavy atom. The zero-order chi connectivity index (χ0) is 23.6. The van der Waals surface area contributed by atoms with Crippen LogP contribution in [0.3, 0.4) is 0 Å². The lowest BCUT2D eigenvalue weighted by atomic mass is 9.76. The molecular weight excluding hydrogens is 438 g/mol. The number of hydrogen-bond donors (Lipinski definition) is 2. The van der Waals surface area contributed by atoms with Crippen LogP contribution in [0.15, 0.2) is 29.3 Å². The number of nitrogens with zero attached hydrogens (tertiary/aromatic N) is 3. The summed E-state index contributed by atoms with van der Waals surface area (Å²) in [6, 6.07) is 7.53. The Bertz CT molecular complexity index is 1130. The summed E-state index contributed by atoms with van der Waals surface area (Å²) in [6.45, 7) is 6.63. The molecular formula is C24H31N5O3S. The second-order valence-electron chi connectivity index (χ2n) is 9.86. The number of carbonyl (C=O) groups is 1. The number of anilines is 1. The van der Waals surface area contributed by atoms with Crippen molar-refractivity contribution in [3.8, 4) is 6.07 Å². The first kappa shape index (κ1) is 23.5. The van der Waals surface area contributed by atoms with Crippen molar-refractivity contribution < 1.29 is 13.2 Å². The fourth-order valence-corrected chi connectivity index (χ4v) is 5.66. The minimum absolute atomic E-state index is 0.185. The van der Waals surface area contributed by atoms with E-state index in [2.05, 4.69) is 52.6 Å². The van der Waals surface area contributed by atoms with Crippen LogP contribution in [0.25, 0.3) is 5.57 Å². The highest BCUT2D eigenvalue weighted by Gasteiger charge is 2.26. The van der Waals surface area contributed by atoms with Gasteiger partial charge in [-0.15, -0.1) is 0 Å². The van der Waals surface area contributed by atoms with Crippen molar-refractivity contribution in [1.82, 2.24) is 10.2 Å². The summed E-state index contributed by atoms with van der Waals surface area (Å²) in [6.07, 6.45) is 5.24. The molecule has 176 valence electrons. The Morgan fingerprint density at radius 1 is 1.33 bits per heavy atom. The van der Waals surface area contributed by atoms with E-state index in [-0.39, 0.29) is 28.7 Å². The lowest BCUT2D eigenvalue weighted by Gasteiger charge is -2.30. The number of nitrogens with one attached hydrogen (secondary N) is 2. The monoisotopic (exact) mass is 469 g/mol. The lowest BCUT2D eigenvalue weighted by molar-refractivity contribution is -0.110. The molecule has 3 aliphatic rings. The molecule has 1 atom stereocenters. The molecule has 1 unspecified atom stereocenters. The van der Waals surface area contributed by atoms with Gasteiger partial charge in [0.05, 0.1) is 24.1 Å². The van der Waals surface area contributed by atoms with Crippen molar-refractivity contribution in [1.29, 1.82) is 5.26 Å². The summed E-state index contributed by atoms with van der Waals surface area (Å²) in [7, 11) is -2.91. The van der Waals surface area contributed by atoms with E-state index >= 15 is 0 Å². The van der Waals surface area contributed by atoms with Crippen LogP contribution in [-0.4, -0.2) is 62.2 Å². The van der Waals surface area contributed by atoms with E-state index in [1.165, 1.54) is 5.57 Å². The van der Waals surface area contributed by atoms with Gasteiger partial charge in [-0.3, -0.25) is 9.69 Å². The van der Waals surface area contributed by atoms with E-state index in [1.807, 2.05) is 12.1 Å². The topological polar surface area (TPSA) is 115 Å².